The van der Waals surface area contributed by atoms with Crippen molar-refractivity contribution in [3.05, 3.63) is 54.6 Å². The zero-order valence-corrected chi connectivity index (χ0v) is 12.5. The predicted octanol–water partition coefficient (Wildman–Crippen LogP) is 3.63. The summed E-state index contributed by atoms with van der Waals surface area (Å²) in [5, 5.41) is 9.57. The fourth-order valence-corrected chi connectivity index (χ4v) is 2.84. The molecule has 0 atom stereocenters. The Morgan fingerprint density at radius 3 is 2.57 bits per heavy atom. The van der Waals surface area contributed by atoms with E-state index in [1.165, 1.54) is 0 Å². The van der Waals surface area contributed by atoms with E-state index in [-0.39, 0.29) is 0 Å². The first-order valence-corrected chi connectivity index (χ1v) is 7.77. The van der Waals surface area contributed by atoms with Crippen LogP contribution >= 0.6 is 11.8 Å². The summed E-state index contributed by atoms with van der Waals surface area (Å²) in [6, 6.07) is 17.9. The summed E-state index contributed by atoms with van der Waals surface area (Å²) in [6.45, 7) is 2.11. The highest BCUT2D eigenvalue weighted by Gasteiger charge is 2.15. The molecule has 0 amide bonds. The van der Waals surface area contributed by atoms with Gasteiger partial charge in [0.1, 0.15) is 0 Å². The molecule has 0 aliphatic rings. The van der Waals surface area contributed by atoms with Crippen LogP contribution in [0.15, 0.2) is 59.8 Å². The zero-order chi connectivity index (χ0) is 14.7. The molecule has 0 unspecified atom stereocenters. The van der Waals surface area contributed by atoms with Crippen LogP contribution in [-0.4, -0.2) is 20.5 Å². The molecular weight excluding hydrogens is 280 g/mol. The normalized spacial score (nSPS) is 10.7. The molecule has 0 fully saturated rings. The van der Waals surface area contributed by atoms with Crippen molar-refractivity contribution in [2.24, 2.45) is 0 Å². The highest BCUT2D eigenvalue weighted by atomic mass is 32.2. The van der Waals surface area contributed by atoms with Gasteiger partial charge in [0.25, 0.3) is 0 Å². The van der Waals surface area contributed by atoms with E-state index in [9.17, 15) is 0 Å². The van der Waals surface area contributed by atoms with Crippen molar-refractivity contribution in [2.45, 2.75) is 12.1 Å². The number of hydrogen-bond donors (Lipinski definition) is 1. The smallest absolute Gasteiger partial charge is 0.196 e. The number of benzene rings is 2. The van der Waals surface area contributed by atoms with E-state index < -0.39 is 0 Å². The molecule has 0 radical (unpaired) electrons. The van der Waals surface area contributed by atoms with E-state index in [0.29, 0.717) is 0 Å². The van der Waals surface area contributed by atoms with Crippen LogP contribution < -0.4 is 5.73 Å². The van der Waals surface area contributed by atoms with Crippen LogP contribution in [0.25, 0.3) is 17.1 Å². The zero-order valence-electron chi connectivity index (χ0n) is 11.7. The molecule has 3 rings (SSSR count). The fourth-order valence-electron chi connectivity index (χ4n) is 2.17. The van der Waals surface area contributed by atoms with Crippen LogP contribution in [0.5, 0.6) is 0 Å². The summed E-state index contributed by atoms with van der Waals surface area (Å²) in [4.78, 5) is 0. The Morgan fingerprint density at radius 1 is 1.05 bits per heavy atom. The van der Waals surface area contributed by atoms with Crippen LogP contribution in [0, 0.1) is 0 Å². The molecule has 106 valence electrons. The SMILES string of the molecule is CCSc1nnc(-c2cccc(N)c2)n1-c1ccccc1. The van der Waals surface area contributed by atoms with E-state index in [0.717, 1.165) is 33.7 Å². The molecule has 0 aliphatic heterocycles. The molecule has 0 saturated heterocycles. The topological polar surface area (TPSA) is 56.7 Å². The fraction of sp³-hybridized carbons (Fsp3) is 0.125. The molecule has 5 heteroatoms. The Hall–Kier alpha value is -2.27. The summed E-state index contributed by atoms with van der Waals surface area (Å²) in [6.07, 6.45) is 0. The average molecular weight is 296 g/mol. The molecule has 0 spiro atoms. The Bertz CT molecular complexity index is 737. The predicted molar refractivity (Wildman–Crippen MR) is 87.6 cm³/mol. The van der Waals surface area contributed by atoms with Crippen molar-refractivity contribution < 1.29 is 0 Å². The Morgan fingerprint density at radius 2 is 1.86 bits per heavy atom. The van der Waals surface area contributed by atoms with Crippen molar-refractivity contribution in [1.29, 1.82) is 0 Å². The Balaban J connectivity index is 2.18. The van der Waals surface area contributed by atoms with Crippen LogP contribution in [0.1, 0.15) is 6.92 Å². The maximum Gasteiger partial charge on any atom is 0.196 e. The molecule has 0 aliphatic carbocycles. The van der Waals surface area contributed by atoms with Crippen molar-refractivity contribution in [3.8, 4) is 17.1 Å². The van der Waals surface area contributed by atoms with Gasteiger partial charge in [-0.3, -0.25) is 4.57 Å². The van der Waals surface area contributed by atoms with E-state index in [1.54, 1.807) is 11.8 Å². The van der Waals surface area contributed by atoms with Gasteiger partial charge in [-0.05, 0) is 30.0 Å². The number of hydrogen-bond acceptors (Lipinski definition) is 4. The standard InChI is InChI=1S/C16H16N4S/c1-2-21-16-19-18-15(12-7-6-8-13(17)11-12)20(16)14-9-4-3-5-10-14/h3-11H,2,17H2,1H3. The molecule has 1 heterocycles. The third-order valence-electron chi connectivity index (χ3n) is 3.07. The van der Waals surface area contributed by atoms with Gasteiger partial charge in [-0.15, -0.1) is 10.2 Å². The summed E-state index contributed by atoms with van der Waals surface area (Å²) in [5.41, 5.74) is 8.63. The monoisotopic (exact) mass is 296 g/mol. The number of nitrogen functional groups attached to an aromatic ring is 1. The average Bonchev–Trinajstić information content (AvgIpc) is 2.92. The minimum atomic E-state index is 0.722. The number of anilines is 1. The number of rotatable bonds is 4. The van der Waals surface area contributed by atoms with Crippen molar-refractivity contribution in [2.75, 3.05) is 11.5 Å². The summed E-state index contributed by atoms with van der Waals surface area (Å²) >= 11 is 1.67. The maximum atomic E-state index is 5.89. The molecule has 0 bridgehead atoms. The number of aromatic nitrogens is 3. The van der Waals surface area contributed by atoms with Crippen molar-refractivity contribution >= 4 is 17.4 Å². The van der Waals surface area contributed by atoms with E-state index >= 15 is 0 Å². The van der Waals surface area contributed by atoms with Gasteiger partial charge in [0.15, 0.2) is 11.0 Å². The third kappa shape index (κ3) is 2.78. The molecule has 3 aromatic rings. The molecule has 0 saturated carbocycles. The largest absolute Gasteiger partial charge is 0.399 e. The van der Waals surface area contributed by atoms with Gasteiger partial charge in [0, 0.05) is 16.9 Å². The van der Waals surface area contributed by atoms with Gasteiger partial charge >= 0.3 is 0 Å². The van der Waals surface area contributed by atoms with E-state index in [1.807, 2.05) is 42.5 Å². The lowest BCUT2D eigenvalue weighted by atomic mass is 10.2. The molecular formula is C16H16N4S. The van der Waals surface area contributed by atoms with Gasteiger partial charge in [-0.25, -0.2) is 0 Å². The van der Waals surface area contributed by atoms with Crippen LogP contribution in [0.2, 0.25) is 0 Å². The first-order chi connectivity index (χ1) is 10.3. The molecule has 1 aromatic heterocycles. The first kappa shape index (κ1) is 13.7. The van der Waals surface area contributed by atoms with Gasteiger partial charge < -0.3 is 5.73 Å². The van der Waals surface area contributed by atoms with Crippen LogP contribution in [0.4, 0.5) is 5.69 Å². The number of nitrogens with two attached hydrogens (primary N) is 1. The number of para-hydroxylation sites is 1. The minimum Gasteiger partial charge on any atom is -0.399 e. The molecule has 2 aromatic carbocycles. The second kappa shape index (κ2) is 6.01. The van der Waals surface area contributed by atoms with Gasteiger partial charge in [-0.2, -0.15) is 0 Å². The minimum absolute atomic E-state index is 0.722. The number of nitrogens with zero attached hydrogens (tertiary/aromatic N) is 3. The second-order valence-corrected chi connectivity index (χ2v) is 5.77. The van der Waals surface area contributed by atoms with Crippen LogP contribution in [0.3, 0.4) is 0 Å². The first-order valence-electron chi connectivity index (χ1n) is 6.79. The van der Waals surface area contributed by atoms with E-state index in [4.69, 9.17) is 5.73 Å². The van der Waals surface area contributed by atoms with Gasteiger partial charge in [0.2, 0.25) is 0 Å². The second-order valence-electron chi connectivity index (χ2n) is 4.54. The molecule has 2 N–H and O–H groups in total. The number of thioether (sulfide) groups is 1. The van der Waals surface area contributed by atoms with Crippen molar-refractivity contribution in [3.63, 3.8) is 0 Å². The van der Waals surface area contributed by atoms with Gasteiger partial charge in [0.05, 0.1) is 0 Å². The Kier molecular flexibility index (Phi) is 3.92. The van der Waals surface area contributed by atoms with E-state index in [2.05, 4.69) is 33.8 Å². The summed E-state index contributed by atoms with van der Waals surface area (Å²) in [5.74, 6) is 1.76. The maximum absolute atomic E-state index is 5.89. The highest BCUT2D eigenvalue weighted by Crippen LogP contribution is 2.28. The van der Waals surface area contributed by atoms with Gasteiger partial charge in [-0.1, -0.05) is 49.0 Å². The summed E-state index contributed by atoms with van der Waals surface area (Å²) in [7, 11) is 0. The lowest BCUT2D eigenvalue weighted by Crippen LogP contribution is -1.99. The quantitative estimate of drug-likeness (QED) is 0.590. The highest BCUT2D eigenvalue weighted by molar-refractivity contribution is 7.99. The lowest BCUT2D eigenvalue weighted by molar-refractivity contribution is 0.887. The summed E-state index contributed by atoms with van der Waals surface area (Å²) < 4.78 is 2.07. The van der Waals surface area contributed by atoms with Crippen LogP contribution in [-0.2, 0) is 0 Å². The molecule has 4 nitrogen and oxygen atoms in total. The van der Waals surface area contributed by atoms with Crippen molar-refractivity contribution in [1.82, 2.24) is 14.8 Å². The lowest BCUT2D eigenvalue weighted by Gasteiger charge is -2.10. The molecule has 21 heavy (non-hydrogen) atoms. The third-order valence-corrected chi connectivity index (χ3v) is 3.88. The Labute approximate surface area is 128 Å².